The standard InChI is InChI=1S/C28H56O4S.Na/c1-3-5-7-9-11-12-13-14-15-16-17-18-20-22-24-26-28(27-32-33(29,30)31)25-23-21-19-10-8-6-4-2;/h23,25,28H,3-22,24,26-27H2,1-2H3,(H,29,30,31);/q;+1/p-1/b25-23+;. The van der Waals surface area contributed by atoms with E-state index in [1.807, 2.05) is 0 Å². The van der Waals surface area contributed by atoms with E-state index in [0.717, 1.165) is 19.3 Å². The Morgan fingerprint density at radius 3 is 1.44 bits per heavy atom. The summed E-state index contributed by atoms with van der Waals surface area (Å²) in [6.07, 6.45) is 32.4. The summed E-state index contributed by atoms with van der Waals surface area (Å²) in [5, 5.41) is 0. The van der Waals surface area contributed by atoms with E-state index in [9.17, 15) is 13.0 Å². The maximum atomic E-state index is 10.8. The van der Waals surface area contributed by atoms with Crippen molar-refractivity contribution in [3.05, 3.63) is 12.2 Å². The average Bonchev–Trinajstić information content (AvgIpc) is 2.78. The minimum atomic E-state index is -4.61. The topological polar surface area (TPSA) is 66.4 Å². The zero-order valence-corrected chi connectivity index (χ0v) is 25.9. The molecular weight excluding hydrogens is 455 g/mol. The van der Waals surface area contributed by atoms with Crippen LogP contribution in [0.2, 0.25) is 0 Å². The number of hydrogen-bond donors (Lipinski definition) is 0. The fraction of sp³-hybridized carbons (Fsp3) is 0.929. The molecule has 0 aromatic rings. The molecule has 0 fully saturated rings. The van der Waals surface area contributed by atoms with Gasteiger partial charge >= 0.3 is 29.6 Å². The third-order valence-corrected chi connectivity index (χ3v) is 6.91. The molecule has 0 radical (unpaired) electrons. The largest absolute Gasteiger partial charge is 1.00 e. The predicted octanol–water partition coefficient (Wildman–Crippen LogP) is 6.26. The van der Waals surface area contributed by atoms with Gasteiger partial charge in [-0.2, -0.15) is 0 Å². The fourth-order valence-electron chi connectivity index (χ4n) is 4.34. The Hall–Kier alpha value is 0.610. The summed E-state index contributed by atoms with van der Waals surface area (Å²) in [5.41, 5.74) is 0. The Balaban J connectivity index is 0. The van der Waals surface area contributed by atoms with E-state index < -0.39 is 10.4 Å². The Labute approximate surface area is 235 Å². The molecule has 0 bridgehead atoms. The molecule has 0 aliphatic carbocycles. The molecule has 34 heavy (non-hydrogen) atoms. The third-order valence-electron chi connectivity index (χ3n) is 6.49. The number of rotatable bonds is 26. The van der Waals surface area contributed by atoms with Crippen molar-refractivity contribution in [1.29, 1.82) is 0 Å². The molecule has 0 aromatic heterocycles. The molecule has 0 amide bonds. The van der Waals surface area contributed by atoms with Gasteiger partial charge in [0.15, 0.2) is 0 Å². The number of hydrogen-bond acceptors (Lipinski definition) is 4. The van der Waals surface area contributed by atoms with Gasteiger partial charge in [0, 0.05) is 5.92 Å². The summed E-state index contributed by atoms with van der Waals surface area (Å²) in [6, 6.07) is 0. The van der Waals surface area contributed by atoms with E-state index in [1.165, 1.54) is 122 Å². The van der Waals surface area contributed by atoms with Crippen LogP contribution in [-0.4, -0.2) is 19.6 Å². The van der Waals surface area contributed by atoms with E-state index in [2.05, 4.69) is 30.2 Å². The molecule has 1 atom stereocenters. The normalized spacial score (nSPS) is 12.8. The molecule has 0 heterocycles. The zero-order chi connectivity index (χ0) is 24.5. The molecule has 0 aromatic carbocycles. The Kier molecular flexibility index (Phi) is 30.5. The van der Waals surface area contributed by atoms with Crippen LogP contribution in [0.15, 0.2) is 12.2 Å². The Bertz CT molecular complexity index is 522. The quantitative estimate of drug-likeness (QED) is 0.0453. The maximum Gasteiger partial charge on any atom is 1.00 e. The van der Waals surface area contributed by atoms with Crippen LogP contribution >= 0.6 is 0 Å². The van der Waals surface area contributed by atoms with Crippen molar-refractivity contribution in [3.8, 4) is 0 Å². The monoisotopic (exact) mass is 510 g/mol. The van der Waals surface area contributed by atoms with Crippen LogP contribution in [-0.2, 0) is 14.6 Å². The molecule has 0 spiro atoms. The van der Waals surface area contributed by atoms with E-state index in [0.29, 0.717) is 0 Å². The molecule has 0 N–H and O–H groups in total. The van der Waals surface area contributed by atoms with Gasteiger partial charge in [-0.1, -0.05) is 148 Å². The predicted molar refractivity (Wildman–Crippen MR) is 141 cm³/mol. The van der Waals surface area contributed by atoms with Gasteiger partial charge in [0.2, 0.25) is 10.4 Å². The van der Waals surface area contributed by atoms with Crippen molar-refractivity contribution in [2.24, 2.45) is 5.92 Å². The van der Waals surface area contributed by atoms with Crippen LogP contribution in [0.1, 0.15) is 155 Å². The van der Waals surface area contributed by atoms with Crippen LogP contribution in [0, 0.1) is 5.92 Å². The van der Waals surface area contributed by atoms with Gasteiger partial charge < -0.3 is 4.55 Å². The van der Waals surface area contributed by atoms with Crippen LogP contribution in [0.3, 0.4) is 0 Å². The van der Waals surface area contributed by atoms with Gasteiger partial charge in [0.1, 0.15) is 0 Å². The molecule has 0 saturated carbocycles. The number of unbranched alkanes of at least 4 members (excludes halogenated alkanes) is 19. The van der Waals surface area contributed by atoms with Crippen molar-refractivity contribution in [2.75, 3.05) is 6.61 Å². The van der Waals surface area contributed by atoms with E-state index >= 15 is 0 Å². The second kappa shape index (κ2) is 28.2. The summed E-state index contributed by atoms with van der Waals surface area (Å²) >= 11 is 0. The molecule has 4 nitrogen and oxygen atoms in total. The first kappa shape index (κ1) is 36.8. The Morgan fingerprint density at radius 1 is 0.647 bits per heavy atom. The number of allylic oxidation sites excluding steroid dienone is 1. The van der Waals surface area contributed by atoms with Crippen molar-refractivity contribution in [2.45, 2.75) is 155 Å². The van der Waals surface area contributed by atoms with E-state index in [-0.39, 0.29) is 42.1 Å². The SMILES string of the molecule is CCCCCCC/C=C/C(CCCCCCCCCCCCCCCCC)COS(=O)(=O)[O-].[Na+]. The van der Waals surface area contributed by atoms with Crippen LogP contribution in [0.5, 0.6) is 0 Å². The summed E-state index contributed by atoms with van der Waals surface area (Å²) in [7, 11) is -4.61. The zero-order valence-electron chi connectivity index (χ0n) is 23.0. The second-order valence-corrected chi connectivity index (χ2v) is 10.9. The van der Waals surface area contributed by atoms with Gasteiger partial charge in [-0.05, 0) is 19.3 Å². The van der Waals surface area contributed by atoms with Crippen molar-refractivity contribution >= 4 is 10.4 Å². The molecule has 1 unspecified atom stereocenters. The summed E-state index contributed by atoms with van der Waals surface area (Å²) in [6.45, 7) is 4.47. The van der Waals surface area contributed by atoms with Crippen molar-refractivity contribution < 1.29 is 46.7 Å². The third kappa shape index (κ3) is 30.6. The first-order chi connectivity index (χ1) is 16.0. The minimum absolute atomic E-state index is 0. The average molecular weight is 511 g/mol. The smallest absolute Gasteiger partial charge is 0.726 e. The molecular formula is C28H55NaO4S. The van der Waals surface area contributed by atoms with Gasteiger partial charge in [0.25, 0.3) is 0 Å². The Morgan fingerprint density at radius 2 is 1.03 bits per heavy atom. The molecule has 0 rings (SSSR count). The van der Waals surface area contributed by atoms with Gasteiger partial charge in [-0.25, -0.2) is 8.42 Å². The van der Waals surface area contributed by atoms with E-state index in [1.54, 1.807) is 0 Å². The second-order valence-electron chi connectivity index (χ2n) is 9.82. The molecule has 0 saturated heterocycles. The summed E-state index contributed by atoms with van der Waals surface area (Å²) in [5.74, 6) is 0.0198. The molecule has 0 aliphatic heterocycles. The van der Waals surface area contributed by atoms with Gasteiger partial charge in [0.05, 0.1) is 6.61 Å². The first-order valence-corrected chi connectivity index (χ1v) is 15.6. The molecule has 198 valence electrons. The van der Waals surface area contributed by atoms with E-state index in [4.69, 9.17) is 0 Å². The van der Waals surface area contributed by atoms with Crippen LogP contribution < -0.4 is 29.6 Å². The molecule has 0 aliphatic rings. The fourth-order valence-corrected chi connectivity index (χ4v) is 4.68. The van der Waals surface area contributed by atoms with Gasteiger partial charge in [-0.3, -0.25) is 4.18 Å². The summed E-state index contributed by atoms with van der Waals surface area (Å²) < 4.78 is 37.0. The van der Waals surface area contributed by atoms with Crippen LogP contribution in [0.25, 0.3) is 0 Å². The van der Waals surface area contributed by atoms with Gasteiger partial charge in [-0.15, -0.1) is 0 Å². The maximum absolute atomic E-state index is 10.8. The van der Waals surface area contributed by atoms with Crippen LogP contribution in [0.4, 0.5) is 0 Å². The van der Waals surface area contributed by atoms with Crippen molar-refractivity contribution in [1.82, 2.24) is 0 Å². The molecule has 6 heteroatoms. The minimum Gasteiger partial charge on any atom is -0.726 e. The van der Waals surface area contributed by atoms with Crippen molar-refractivity contribution in [3.63, 3.8) is 0 Å². The summed E-state index contributed by atoms with van der Waals surface area (Å²) in [4.78, 5) is 0. The first-order valence-electron chi connectivity index (χ1n) is 14.3.